The topological polar surface area (TPSA) is 73.9 Å². The zero-order valence-corrected chi connectivity index (χ0v) is 16.5. The first-order valence-corrected chi connectivity index (χ1v) is 8.96. The minimum atomic E-state index is -1.09. The van der Waals surface area contributed by atoms with E-state index in [-0.39, 0.29) is 13.2 Å². The number of nitrogens with one attached hydrogen (secondary N) is 1. The van der Waals surface area contributed by atoms with Gasteiger partial charge in [-0.25, -0.2) is 9.59 Å². The van der Waals surface area contributed by atoms with Gasteiger partial charge in [-0.1, -0.05) is 40.9 Å². The Kier molecular flexibility index (Phi) is 8.03. The number of carbonyl (C=O) groups is 2. The Hall–Kier alpha value is -2.15. The maximum Gasteiger partial charge on any atom is 0.412 e. The number of rotatable bonds is 7. The van der Waals surface area contributed by atoms with Gasteiger partial charge in [0, 0.05) is 15.7 Å². The highest BCUT2D eigenvalue weighted by atomic mass is 35.5. The number of ether oxygens (including phenoxy) is 3. The van der Waals surface area contributed by atoms with Crippen molar-refractivity contribution < 1.29 is 23.8 Å². The molecular formula is C18H16Cl3NO5. The van der Waals surface area contributed by atoms with Crippen molar-refractivity contribution in [1.82, 2.24) is 0 Å². The van der Waals surface area contributed by atoms with Crippen molar-refractivity contribution >= 4 is 52.6 Å². The van der Waals surface area contributed by atoms with Gasteiger partial charge in [-0.15, -0.1) is 0 Å². The monoisotopic (exact) mass is 431 g/mol. The largest absolute Gasteiger partial charge is 0.488 e. The van der Waals surface area contributed by atoms with E-state index in [2.05, 4.69) is 5.32 Å². The van der Waals surface area contributed by atoms with Gasteiger partial charge in [-0.3, -0.25) is 5.32 Å². The van der Waals surface area contributed by atoms with Crippen LogP contribution in [0.3, 0.4) is 0 Å². The van der Waals surface area contributed by atoms with E-state index in [0.717, 1.165) is 0 Å². The molecule has 2 rings (SSSR count). The van der Waals surface area contributed by atoms with Crippen LogP contribution in [0.25, 0.3) is 0 Å². The number of amides is 1. The molecule has 6 nitrogen and oxygen atoms in total. The van der Waals surface area contributed by atoms with Crippen molar-refractivity contribution in [3.05, 3.63) is 57.5 Å². The fourth-order valence-corrected chi connectivity index (χ4v) is 2.58. The van der Waals surface area contributed by atoms with Crippen LogP contribution in [-0.4, -0.2) is 31.4 Å². The smallest absolute Gasteiger partial charge is 0.412 e. The van der Waals surface area contributed by atoms with Crippen LogP contribution in [0.1, 0.15) is 6.92 Å². The van der Waals surface area contributed by atoms with E-state index in [4.69, 9.17) is 49.0 Å². The first-order valence-electron chi connectivity index (χ1n) is 7.83. The Bertz CT molecular complexity index is 815. The second kappa shape index (κ2) is 10.3. The van der Waals surface area contributed by atoms with Crippen molar-refractivity contribution in [2.45, 2.75) is 13.0 Å². The fraction of sp³-hybridized carbons (Fsp3) is 0.222. The molecule has 27 heavy (non-hydrogen) atoms. The molecule has 1 amide bonds. The van der Waals surface area contributed by atoms with Gasteiger partial charge < -0.3 is 14.2 Å². The van der Waals surface area contributed by atoms with Crippen molar-refractivity contribution in [2.75, 3.05) is 18.5 Å². The minimum absolute atomic E-state index is 0.0403. The van der Waals surface area contributed by atoms with Gasteiger partial charge in [0.05, 0.1) is 5.02 Å². The number of hydrogen-bond acceptors (Lipinski definition) is 5. The van der Waals surface area contributed by atoms with Gasteiger partial charge in [0.2, 0.25) is 0 Å². The summed E-state index contributed by atoms with van der Waals surface area (Å²) in [6.07, 6.45) is -1.89. The highest BCUT2D eigenvalue weighted by molar-refractivity contribution is 6.35. The van der Waals surface area contributed by atoms with Gasteiger partial charge in [-0.05, 0) is 43.3 Å². The number of hydrogen-bond donors (Lipinski definition) is 1. The average Bonchev–Trinajstić information content (AvgIpc) is 2.59. The van der Waals surface area contributed by atoms with Crippen LogP contribution in [0.2, 0.25) is 15.1 Å². The highest BCUT2D eigenvalue weighted by Gasteiger charge is 2.19. The predicted molar refractivity (Wildman–Crippen MR) is 104 cm³/mol. The molecule has 1 unspecified atom stereocenters. The molecule has 0 bridgehead atoms. The van der Waals surface area contributed by atoms with Crippen LogP contribution in [-0.2, 0) is 14.3 Å². The lowest BCUT2D eigenvalue weighted by Crippen LogP contribution is -2.29. The van der Waals surface area contributed by atoms with Crippen LogP contribution >= 0.6 is 34.8 Å². The molecule has 1 atom stereocenters. The summed E-state index contributed by atoms with van der Waals surface area (Å²) in [5.74, 6) is -0.288. The van der Waals surface area contributed by atoms with E-state index in [9.17, 15) is 9.59 Å². The van der Waals surface area contributed by atoms with E-state index < -0.39 is 18.2 Å². The van der Waals surface area contributed by atoms with E-state index in [1.54, 1.807) is 42.5 Å². The molecule has 0 saturated heterocycles. The Balaban J connectivity index is 1.71. The zero-order chi connectivity index (χ0) is 19.8. The lowest BCUT2D eigenvalue weighted by atomic mass is 10.3. The summed E-state index contributed by atoms with van der Waals surface area (Å²) in [5.41, 5.74) is 0.446. The van der Waals surface area contributed by atoms with Crippen LogP contribution in [0, 0.1) is 0 Å². The molecule has 2 aromatic rings. The highest BCUT2D eigenvalue weighted by Crippen LogP contribution is 2.27. The summed E-state index contributed by atoms with van der Waals surface area (Å²) in [6.45, 7) is 1.44. The van der Waals surface area contributed by atoms with E-state index >= 15 is 0 Å². The number of halogens is 3. The van der Waals surface area contributed by atoms with Crippen LogP contribution < -0.4 is 10.1 Å². The SMILES string of the molecule is CC(OC(=O)Nc1cccc(Cl)c1)C(=O)OCCOc1ccc(Cl)cc1Cl. The predicted octanol–water partition coefficient (Wildman–Crippen LogP) is 5.21. The molecule has 0 aliphatic heterocycles. The molecular weight excluding hydrogens is 417 g/mol. The molecule has 1 N–H and O–H groups in total. The molecule has 0 aromatic heterocycles. The quantitative estimate of drug-likeness (QED) is 0.480. The van der Waals surface area contributed by atoms with Gasteiger partial charge in [0.25, 0.3) is 0 Å². The fourth-order valence-electron chi connectivity index (χ4n) is 1.93. The molecule has 0 radical (unpaired) electrons. The second-order valence-electron chi connectivity index (χ2n) is 5.27. The number of benzene rings is 2. The summed E-state index contributed by atoms with van der Waals surface area (Å²) in [4.78, 5) is 23.6. The molecule has 9 heteroatoms. The van der Waals surface area contributed by atoms with Crippen LogP contribution in [0.4, 0.5) is 10.5 Å². The lowest BCUT2D eigenvalue weighted by molar-refractivity contribution is -0.153. The first kappa shape index (κ1) is 21.2. The van der Waals surface area contributed by atoms with Crippen molar-refractivity contribution in [2.24, 2.45) is 0 Å². The average molecular weight is 433 g/mol. The van der Waals surface area contributed by atoms with Crippen LogP contribution in [0.5, 0.6) is 5.75 Å². The lowest BCUT2D eigenvalue weighted by Gasteiger charge is -2.14. The Morgan fingerprint density at radius 2 is 1.78 bits per heavy atom. The van der Waals surface area contributed by atoms with E-state index in [1.165, 1.54) is 6.92 Å². The first-order chi connectivity index (χ1) is 12.8. The molecule has 0 aliphatic carbocycles. The standard InChI is InChI=1S/C18H16Cl3NO5/c1-11(27-18(24)22-14-4-2-3-12(19)9-14)17(23)26-8-7-25-16-6-5-13(20)10-15(16)21/h2-6,9-11H,7-8H2,1H3,(H,22,24). The summed E-state index contributed by atoms with van der Waals surface area (Å²) in [7, 11) is 0. The number of anilines is 1. The Morgan fingerprint density at radius 1 is 1.04 bits per heavy atom. The van der Waals surface area contributed by atoms with E-state index in [1.807, 2.05) is 0 Å². The third kappa shape index (κ3) is 7.17. The van der Waals surface area contributed by atoms with Gasteiger partial charge >= 0.3 is 12.1 Å². The molecule has 0 saturated carbocycles. The van der Waals surface area contributed by atoms with E-state index in [0.29, 0.717) is 26.5 Å². The molecule has 144 valence electrons. The Morgan fingerprint density at radius 3 is 2.48 bits per heavy atom. The third-order valence-electron chi connectivity index (χ3n) is 3.17. The molecule has 2 aromatic carbocycles. The van der Waals surface area contributed by atoms with Crippen LogP contribution in [0.15, 0.2) is 42.5 Å². The number of carbonyl (C=O) groups excluding carboxylic acids is 2. The maximum absolute atomic E-state index is 11.9. The Labute approximate surface area is 171 Å². The number of esters is 1. The normalized spacial score (nSPS) is 11.4. The summed E-state index contributed by atoms with van der Waals surface area (Å²) >= 11 is 17.6. The summed E-state index contributed by atoms with van der Waals surface area (Å²) in [5, 5.41) is 3.76. The minimum Gasteiger partial charge on any atom is -0.488 e. The molecule has 0 aliphatic rings. The third-order valence-corrected chi connectivity index (χ3v) is 3.93. The maximum atomic E-state index is 11.9. The van der Waals surface area contributed by atoms with Crippen molar-refractivity contribution in [3.8, 4) is 5.75 Å². The van der Waals surface area contributed by atoms with Gasteiger partial charge in [0.1, 0.15) is 19.0 Å². The van der Waals surface area contributed by atoms with Crippen molar-refractivity contribution in [1.29, 1.82) is 0 Å². The van der Waals surface area contributed by atoms with Gasteiger partial charge in [-0.2, -0.15) is 0 Å². The second-order valence-corrected chi connectivity index (χ2v) is 6.55. The molecule has 0 fully saturated rings. The summed E-state index contributed by atoms with van der Waals surface area (Å²) in [6, 6.07) is 11.3. The zero-order valence-electron chi connectivity index (χ0n) is 14.2. The molecule has 0 heterocycles. The van der Waals surface area contributed by atoms with Crippen molar-refractivity contribution in [3.63, 3.8) is 0 Å². The molecule has 0 spiro atoms. The summed E-state index contributed by atoms with van der Waals surface area (Å²) < 4.78 is 15.4. The van der Waals surface area contributed by atoms with Gasteiger partial charge in [0.15, 0.2) is 6.10 Å².